The monoisotopic (exact) mass is 298 g/mol. The number of benzene rings is 1. The molecule has 0 spiro atoms. The van der Waals surface area contributed by atoms with Crippen LogP contribution in [0.15, 0.2) is 29.2 Å². The summed E-state index contributed by atoms with van der Waals surface area (Å²) < 4.78 is 26.3. The Hall–Kier alpha value is -0.910. The molecule has 20 heavy (non-hydrogen) atoms. The van der Waals surface area contributed by atoms with Crippen molar-refractivity contribution in [1.82, 2.24) is 9.62 Å². The first kappa shape index (κ1) is 17.1. The zero-order chi connectivity index (χ0) is 15.4. The van der Waals surface area contributed by atoms with Gasteiger partial charge in [-0.2, -0.15) is 0 Å². The summed E-state index contributed by atoms with van der Waals surface area (Å²) in [6.07, 6.45) is 0. The first-order valence-corrected chi connectivity index (χ1v) is 8.37. The van der Waals surface area contributed by atoms with E-state index in [4.69, 9.17) is 0 Å². The molecule has 0 radical (unpaired) electrons. The summed E-state index contributed by atoms with van der Waals surface area (Å²) in [6, 6.07) is 7.09. The van der Waals surface area contributed by atoms with Crippen LogP contribution in [0.2, 0.25) is 0 Å². The molecule has 0 aliphatic heterocycles. The molecule has 0 aliphatic rings. The van der Waals surface area contributed by atoms with Crippen molar-refractivity contribution in [2.24, 2.45) is 5.41 Å². The second-order valence-corrected chi connectivity index (χ2v) is 8.29. The predicted octanol–water partition coefficient (Wildman–Crippen LogP) is 2.46. The Bertz CT molecular complexity index is 516. The van der Waals surface area contributed by atoms with Crippen LogP contribution in [-0.4, -0.2) is 32.9 Å². The van der Waals surface area contributed by atoms with Crippen molar-refractivity contribution in [3.63, 3.8) is 0 Å². The van der Waals surface area contributed by atoms with Gasteiger partial charge in [-0.05, 0) is 29.7 Å². The normalized spacial score (nSPS) is 12.9. The van der Waals surface area contributed by atoms with E-state index < -0.39 is 10.0 Å². The van der Waals surface area contributed by atoms with E-state index in [1.807, 2.05) is 39.8 Å². The second kappa shape index (κ2) is 6.70. The Balaban J connectivity index is 2.87. The van der Waals surface area contributed by atoms with Crippen molar-refractivity contribution in [1.29, 1.82) is 0 Å². The van der Waals surface area contributed by atoms with Gasteiger partial charge in [0.25, 0.3) is 0 Å². The van der Waals surface area contributed by atoms with E-state index in [0.717, 1.165) is 18.7 Å². The standard InChI is InChI=1S/C15H26N2O2S/c1-6-16-11-13-7-9-14(10-8-13)20(18,19)17(5)12-15(2,3)4/h7-10,16H,6,11-12H2,1-5H3. The Morgan fingerprint density at radius 1 is 1.15 bits per heavy atom. The van der Waals surface area contributed by atoms with Crippen LogP contribution in [0.3, 0.4) is 0 Å². The van der Waals surface area contributed by atoms with Gasteiger partial charge in [0.2, 0.25) is 10.0 Å². The zero-order valence-electron chi connectivity index (χ0n) is 13.1. The average Bonchev–Trinajstić information content (AvgIpc) is 2.34. The van der Waals surface area contributed by atoms with Gasteiger partial charge in [0, 0.05) is 20.1 Å². The summed E-state index contributed by atoms with van der Waals surface area (Å²) in [5.74, 6) is 0. The van der Waals surface area contributed by atoms with Crippen molar-refractivity contribution in [3.8, 4) is 0 Å². The fourth-order valence-corrected chi connectivity index (χ4v) is 3.38. The molecule has 0 heterocycles. The molecule has 114 valence electrons. The van der Waals surface area contributed by atoms with Gasteiger partial charge in [-0.3, -0.25) is 0 Å². The highest BCUT2D eigenvalue weighted by Gasteiger charge is 2.25. The van der Waals surface area contributed by atoms with Gasteiger partial charge in [-0.15, -0.1) is 0 Å². The number of hydrogen-bond acceptors (Lipinski definition) is 3. The maximum Gasteiger partial charge on any atom is 0.242 e. The van der Waals surface area contributed by atoms with Crippen LogP contribution in [0.5, 0.6) is 0 Å². The van der Waals surface area contributed by atoms with Gasteiger partial charge in [0.1, 0.15) is 0 Å². The lowest BCUT2D eigenvalue weighted by Gasteiger charge is -2.26. The zero-order valence-corrected chi connectivity index (χ0v) is 13.9. The molecule has 0 amide bonds. The minimum atomic E-state index is -3.40. The molecule has 1 aromatic rings. The molecule has 0 aliphatic carbocycles. The van der Waals surface area contributed by atoms with Crippen LogP contribution in [0.1, 0.15) is 33.3 Å². The molecule has 1 N–H and O–H groups in total. The van der Waals surface area contributed by atoms with Crippen LogP contribution >= 0.6 is 0 Å². The summed E-state index contributed by atoms with van der Waals surface area (Å²) in [4.78, 5) is 0.351. The van der Waals surface area contributed by atoms with E-state index in [1.165, 1.54) is 4.31 Å². The molecule has 5 heteroatoms. The van der Waals surface area contributed by atoms with Crippen molar-refractivity contribution in [3.05, 3.63) is 29.8 Å². The van der Waals surface area contributed by atoms with Gasteiger partial charge in [0.15, 0.2) is 0 Å². The van der Waals surface area contributed by atoms with Crippen LogP contribution in [0.4, 0.5) is 0 Å². The van der Waals surface area contributed by atoms with Gasteiger partial charge in [0.05, 0.1) is 4.90 Å². The first-order valence-electron chi connectivity index (χ1n) is 6.93. The highest BCUT2D eigenvalue weighted by molar-refractivity contribution is 7.89. The van der Waals surface area contributed by atoms with Crippen LogP contribution in [0.25, 0.3) is 0 Å². The van der Waals surface area contributed by atoms with E-state index >= 15 is 0 Å². The van der Waals surface area contributed by atoms with Gasteiger partial charge in [-0.25, -0.2) is 12.7 Å². The smallest absolute Gasteiger partial charge is 0.242 e. The number of sulfonamides is 1. The lowest BCUT2D eigenvalue weighted by molar-refractivity contribution is 0.311. The minimum absolute atomic E-state index is 0.0627. The van der Waals surface area contributed by atoms with E-state index in [-0.39, 0.29) is 5.41 Å². The summed E-state index contributed by atoms with van der Waals surface area (Å²) >= 11 is 0. The Kier molecular flexibility index (Phi) is 5.74. The molecule has 0 unspecified atom stereocenters. The van der Waals surface area contributed by atoms with Crippen molar-refractivity contribution in [2.45, 2.75) is 39.1 Å². The molecule has 0 fully saturated rings. The molecule has 0 bridgehead atoms. The van der Waals surface area contributed by atoms with Crippen molar-refractivity contribution in [2.75, 3.05) is 20.1 Å². The third-order valence-electron chi connectivity index (χ3n) is 2.91. The number of rotatable bonds is 6. The van der Waals surface area contributed by atoms with E-state index in [9.17, 15) is 8.42 Å². The maximum atomic E-state index is 12.4. The number of nitrogens with zero attached hydrogens (tertiary/aromatic N) is 1. The van der Waals surface area contributed by atoms with E-state index in [2.05, 4.69) is 5.32 Å². The molecule has 0 aromatic heterocycles. The third kappa shape index (κ3) is 4.89. The Morgan fingerprint density at radius 2 is 1.70 bits per heavy atom. The lowest BCUT2D eigenvalue weighted by atomic mass is 9.97. The quantitative estimate of drug-likeness (QED) is 0.877. The number of hydrogen-bond donors (Lipinski definition) is 1. The fourth-order valence-electron chi connectivity index (χ4n) is 1.98. The summed E-state index contributed by atoms with van der Waals surface area (Å²) in [6.45, 7) is 10.3. The van der Waals surface area contributed by atoms with Gasteiger partial charge >= 0.3 is 0 Å². The first-order chi connectivity index (χ1) is 9.16. The van der Waals surface area contributed by atoms with Crippen molar-refractivity contribution >= 4 is 10.0 Å². The molecule has 1 rings (SSSR count). The fraction of sp³-hybridized carbons (Fsp3) is 0.600. The Labute approximate surface area is 123 Å². The van der Waals surface area contributed by atoms with Crippen LogP contribution in [-0.2, 0) is 16.6 Å². The summed E-state index contributed by atoms with van der Waals surface area (Å²) in [7, 11) is -1.76. The average molecular weight is 298 g/mol. The third-order valence-corrected chi connectivity index (χ3v) is 4.73. The lowest BCUT2D eigenvalue weighted by Crippen LogP contribution is -2.34. The van der Waals surface area contributed by atoms with Crippen LogP contribution in [0, 0.1) is 5.41 Å². The molecule has 0 saturated carbocycles. The van der Waals surface area contributed by atoms with Crippen molar-refractivity contribution < 1.29 is 8.42 Å². The predicted molar refractivity (Wildman–Crippen MR) is 83.1 cm³/mol. The maximum absolute atomic E-state index is 12.4. The molecule has 0 saturated heterocycles. The molecule has 1 aromatic carbocycles. The summed E-state index contributed by atoms with van der Waals surface area (Å²) in [5.41, 5.74) is 1.02. The summed E-state index contributed by atoms with van der Waals surface area (Å²) in [5, 5.41) is 3.22. The Morgan fingerprint density at radius 3 is 2.15 bits per heavy atom. The van der Waals surface area contributed by atoms with E-state index in [1.54, 1.807) is 19.2 Å². The molecular formula is C15H26N2O2S. The highest BCUT2D eigenvalue weighted by atomic mass is 32.2. The number of nitrogens with one attached hydrogen (secondary N) is 1. The molecule has 0 atom stereocenters. The highest BCUT2D eigenvalue weighted by Crippen LogP contribution is 2.21. The van der Waals surface area contributed by atoms with Crippen LogP contribution < -0.4 is 5.32 Å². The molecule has 4 nitrogen and oxygen atoms in total. The van der Waals surface area contributed by atoms with Gasteiger partial charge < -0.3 is 5.32 Å². The van der Waals surface area contributed by atoms with Gasteiger partial charge in [-0.1, -0.05) is 39.8 Å². The topological polar surface area (TPSA) is 49.4 Å². The molecular weight excluding hydrogens is 272 g/mol. The SMILES string of the molecule is CCNCc1ccc(S(=O)(=O)N(C)CC(C)(C)C)cc1. The van der Waals surface area contributed by atoms with E-state index in [0.29, 0.717) is 11.4 Å². The largest absolute Gasteiger partial charge is 0.313 e. The second-order valence-electron chi connectivity index (χ2n) is 6.25. The minimum Gasteiger partial charge on any atom is -0.313 e.